The minimum absolute atomic E-state index is 0.508. The Hall–Kier alpha value is -0.180. The summed E-state index contributed by atoms with van der Waals surface area (Å²) >= 11 is 12.3. The first-order valence-corrected chi connectivity index (χ1v) is 4.79. The maximum absolute atomic E-state index is 10.3. The Kier molecular flexibility index (Phi) is 3.44. The Balaban J connectivity index is 2.70. The average molecular weight is 221 g/mol. The number of hydrogen-bond donors (Lipinski definition) is 0. The van der Waals surface area contributed by atoms with Gasteiger partial charge in [-0.05, 0) is 12.1 Å². The number of rotatable bonds is 3. The van der Waals surface area contributed by atoms with Crippen molar-refractivity contribution in [2.24, 2.45) is 0 Å². The van der Waals surface area contributed by atoms with Crippen molar-refractivity contribution in [3.63, 3.8) is 0 Å². The molecule has 0 unspecified atom stereocenters. The van der Waals surface area contributed by atoms with Gasteiger partial charge in [-0.2, -0.15) is 0 Å². The zero-order valence-corrected chi connectivity index (χ0v) is 8.36. The van der Waals surface area contributed by atoms with E-state index >= 15 is 0 Å². The van der Waals surface area contributed by atoms with Gasteiger partial charge in [0.1, 0.15) is 0 Å². The van der Waals surface area contributed by atoms with Crippen molar-refractivity contribution in [1.29, 1.82) is 0 Å². The molecule has 1 aromatic rings. The van der Waals surface area contributed by atoms with Crippen molar-refractivity contribution in [2.75, 3.05) is 0 Å². The van der Waals surface area contributed by atoms with Gasteiger partial charge < -0.3 is 0 Å². The SMILES string of the molecule is O=CC(Cl)(Cl)Sc1ccccc1. The van der Waals surface area contributed by atoms with Gasteiger partial charge in [0.2, 0.25) is 3.67 Å². The average Bonchev–Trinajstić information content (AvgIpc) is 2.06. The van der Waals surface area contributed by atoms with E-state index in [9.17, 15) is 4.79 Å². The normalized spacial score (nSPS) is 11.2. The highest BCUT2D eigenvalue weighted by molar-refractivity contribution is 8.04. The predicted octanol–water partition coefficient (Wildman–Crippen LogP) is 3.11. The number of halogens is 2. The number of benzene rings is 1. The van der Waals surface area contributed by atoms with Gasteiger partial charge in [0.05, 0.1) is 0 Å². The molecule has 0 bridgehead atoms. The molecule has 0 aromatic heterocycles. The van der Waals surface area contributed by atoms with Crippen LogP contribution in [0.3, 0.4) is 0 Å². The topological polar surface area (TPSA) is 17.1 Å². The second-order valence-electron chi connectivity index (χ2n) is 2.09. The van der Waals surface area contributed by atoms with E-state index in [2.05, 4.69) is 0 Å². The number of aldehydes is 1. The zero-order valence-electron chi connectivity index (χ0n) is 6.04. The molecule has 0 radical (unpaired) electrons. The van der Waals surface area contributed by atoms with Crippen molar-refractivity contribution in [1.82, 2.24) is 0 Å². The van der Waals surface area contributed by atoms with Crippen LogP contribution >= 0.6 is 35.0 Å². The summed E-state index contributed by atoms with van der Waals surface area (Å²) in [7, 11) is 0. The molecule has 0 saturated carbocycles. The summed E-state index contributed by atoms with van der Waals surface area (Å²) in [6.07, 6.45) is 0.508. The number of thioether (sulfide) groups is 1. The summed E-state index contributed by atoms with van der Waals surface area (Å²) in [4.78, 5) is 11.2. The van der Waals surface area contributed by atoms with E-state index in [1.165, 1.54) is 0 Å². The Morgan fingerprint density at radius 2 is 1.83 bits per heavy atom. The van der Waals surface area contributed by atoms with Crippen LogP contribution in [0.5, 0.6) is 0 Å². The lowest BCUT2D eigenvalue weighted by molar-refractivity contribution is -0.107. The largest absolute Gasteiger partial charge is 0.299 e. The molecule has 4 heteroatoms. The van der Waals surface area contributed by atoms with Crippen LogP contribution in [0.2, 0.25) is 0 Å². The zero-order chi connectivity index (χ0) is 9.03. The molecular weight excluding hydrogens is 215 g/mol. The fraction of sp³-hybridized carbons (Fsp3) is 0.125. The molecule has 0 aliphatic heterocycles. The Bertz CT molecular complexity index is 261. The monoisotopic (exact) mass is 220 g/mol. The minimum atomic E-state index is -1.37. The van der Waals surface area contributed by atoms with Crippen molar-refractivity contribution in [3.8, 4) is 0 Å². The quantitative estimate of drug-likeness (QED) is 0.443. The third-order valence-corrected chi connectivity index (χ3v) is 2.65. The van der Waals surface area contributed by atoms with Crippen LogP contribution < -0.4 is 0 Å². The van der Waals surface area contributed by atoms with Crippen LogP contribution in [-0.4, -0.2) is 9.95 Å². The molecule has 1 nitrogen and oxygen atoms in total. The van der Waals surface area contributed by atoms with Crippen molar-refractivity contribution < 1.29 is 4.79 Å². The first-order valence-electron chi connectivity index (χ1n) is 3.22. The maximum Gasteiger partial charge on any atom is 0.222 e. The predicted molar refractivity (Wildman–Crippen MR) is 52.8 cm³/mol. The molecule has 0 N–H and O–H groups in total. The lowest BCUT2D eigenvalue weighted by atomic mass is 10.4. The highest BCUT2D eigenvalue weighted by Gasteiger charge is 2.23. The Morgan fingerprint density at radius 3 is 2.33 bits per heavy atom. The molecule has 0 amide bonds. The van der Waals surface area contributed by atoms with E-state index < -0.39 is 3.67 Å². The highest BCUT2D eigenvalue weighted by atomic mass is 35.5. The molecule has 0 aliphatic carbocycles. The molecule has 0 fully saturated rings. The minimum Gasteiger partial charge on any atom is -0.299 e. The number of carbonyl (C=O) groups excluding carboxylic acids is 1. The van der Waals surface area contributed by atoms with E-state index in [0.29, 0.717) is 6.29 Å². The van der Waals surface area contributed by atoms with Crippen molar-refractivity contribution in [3.05, 3.63) is 30.3 Å². The molecule has 1 rings (SSSR count). The van der Waals surface area contributed by atoms with Crippen molar-refractivity contribution in [2.45, 2.75) is 8.56 Å². The number of carbonyl (C=O) groups is 1. The molecule has 12 heavy (non-hydrogen) atoms. The fourth-order valence-corrected chi connectivity index (χ4v) is 1.86. The molecule has 0 atom stereocenters. The molecule has 0 spiro atoms. The van der Waals surface area contributed by atoms with E-state index in [1.54, 1.807) is 0 Å². The van der Waals surface area contributed by atoms with E-state index in [4.69, 9.17) is 23.2 Å². The summed E-state index contributed by atoms with van der Waals surface area (Å²) < 4.78 is -1.37. The third kappa shape index (κ3) is 3.05. The first kappa shape index (κ1) is 9.90. The molecule has 1 aromatic carbocycles. The number of alkyl halides is 2. The molecule has 0 saturated heterocycles. The van der Waals surface area contributed by atoms with E-state index in [-0.39, 0.29) is 0 Å². The smallest absolute Gasteiger partial charge is 0.222 e. The highest BCUT2D eigenvalue weighted by Crippen LogP contribution is 2.37. The second kappa shape index (κ2) is 4.17. The van der Waals surface area contributed by atoms with Crippen LogP contribution in [0.1, 0.15) is 0 Å². The van der Waals surface area contributed by atoms with Gasteiger partial charge in [0.15, 0.2) is 6.29 Å². The number of hydrogen-bond acceptors (Lipinski definition) is 2. The van der Waals surface area contributed by atoms with Gasteiger partial charge in [-0.3, -0.25) is 4.79 Å². The molecular formula is C8H6Cl2OS. The van der Waals surface area contributed by atoms with Crippen LogP contribution in [-0.2, 0) is 4.79 Å². The summed E-state index contributed by atoms with van der Waals surface area (Å²) in [5, 5.41) is 0. The third-order valence-electron chi connectivity index (χ3n) is 1.13. The summed E-state index contributed by atoms with van der Waals surface area (Å²) in [5.41, 5.74) is 0. The second-order valence-corrected chi connectivity index (χ2v) is 5.25. The van der Waals surface area contributed by atoms with Gasteiger partial charge in [0, 0.05) is 4.90 Å². The van der Waals surface area contributed by atoms with Gasteiger partial charge in [-0.25, -0.2) is 0 Å². The first-order chi connectivity index (χ1) is 5.64. The van der Waals surface area contributed by atoms with Crippen LogP contribution in [0.4, 0.5) is 0 Å². The van der Waals surface area contributed by atoms with Crippen LogP contribution in [0, 0.1) is 0 Å². The summed E-state index contributed by atoms with van der Waals surface area (Å²) in [6.45, 7) is 0. The lowest BCUT2D eigenvalue weighted by Gasteiger charge is -2.09. The van der Waals surface area contributed by atoms with E-state index in [0.717, 1.165) is 16.7 Å². The molecule has 0 aliphatic rings. The standard InChI is InChI=1S/C8H6Cl2OS/c9-8(10,6-11)12-7-4-2-1-3-5-7/h1-6H. The molecule has 64 valence electrons. The van der Waals surface area contributed by atoms with E-state index in [1.807, 2.05) is 30.3 Å². The van der Waals surface area contributed by atoms with Crippen molar-refractivity contribution >= 4 is 41.2 Å². The van der Waals surface area contributed by atoms with Gasteiger partial charge in [0.25, 0.3) is 0 Å². The Morgan fingerprint density at radius 1 is 1.25 bits per heavy atom. The van der Waals surface area contributed by atoms with Gasteiger partial charge in [-0.15, -0.1) is 0 Å². The molecule has 0 heterocycles. The van der Waals surface area contributed by atoms with Crippen LogP contribution in [0.25, 0.3) is 0 Å². The summed E-state index contributed by atoms with van der Waals surface area (Å²) in [6, 6.07) is 9.28. The lowest BCUT2D eigenvalue weighted by Crippen LogP contribution is -2.07. The summed E-state index contributed by atoms with van der Waals surface area (Å²) in [5.74, 6) is 0. The van der Waals surface area contributed by atoms with Gasteiger partial charge >= 0.3 is 0 Å². The Labute approximate surface area is 85.1 Å². The van der Waals surface area contributed by atoms with Gasteiger partial charge in [-0.1, -0.05) is 53.2 Å². The fourth-order valence-electron chi connectivity index (χ4n) is 0.670. The van der Waals surface area contributed by atoms with Crippen LogP contribution in [0.15, 0.2) is 35.2 Å². The maximum atomic E-state index is 10.3.